The molecule has 7 heteroatoms. The number of para-hydroxylation sites is 1. The summed E-state index contributed by atoms with van der Waals surface area (Å²) < 4.78 is 36.4. The van der Waals surface area contributed by atoms with E-state index in [1.165, 1.54) is 18.0 Å². The van der Waals surface area contributed by atoms with E-state index in [2.05, 4.69) is 10.0 Å². The lowest BCUT2D eigenvalue weighted by Gasteiger charge is -2.15. The molecule has 0 aliphatic rings. The number of ether oxygens (including phenoxy) is 1. The summed E-state index contributed by atoms with van der Waals surface area (Å²) >= 11 is 1.34. The summed E-state index contributed by atoms with van der Waals surface area (Å²) in [6.07, 6.45) is 0. The molecule has 0 saturated carbocycles. The Morgan fingerprint density at radius 2 is 1.70 bits per heavy atom. The fourth-order valence-corrected chi connectivity index (χ4v) is 3.98. The van der Waals surface area contributed by atoms with E-state index in [1.807, 2.05) is 32.0 Å². The molecule has 3 aromatic rings. The van der Waals surface area contributed by atoms with Crippen molar-refractivity contribution in [3.63, 3.8) is 0 Å². The standard InChI is InChI=1S/C23H22F2N2O2S/c1-13-10-17(21(25)18(24)11-13)23(28)26-16-8-9-19(29-4)20(12-16)30-27-22-14(2)6-5-7-15(22)3/h5-12,27H,1-4H3,(H,26,28). The van der Waals surface area contributed by atoms with Crippen LogP contribution in [0.4, 0.5) is 20.2 Å². The number of amides is 1. The van der Waals surface area contributed by atoms with E-state index >= 15 is 0 Å². The smallest absolute Gasteiger partial charge is 0.258 e. The Balaban J connectivity index is 1.83. The van der Waals surface area contributed by atoms with Crippen LogP contribution in [0.2, 0.25) is 0 Å². The maximum absolute atomic E-state index is 14.0. The highest BCUT2D eigenvalue weighted by atomic mass is 32.2. The van der Waals surface area contributed by atoms with Crippen molar-refractivity contribution >= 4 is 29.2 Å². The van der Waals surface area contributed by atoms with Crippen LogP contribution in [0.3, 0.4) is 0 Å². The Kier molecular flexibility index (Phi) is 6.62. The molecule has 0 atom stereocenters. The molecule has 0 aromatic heterocycles. The van der Waals surface area contributed by atoms with Gasteiger partial charge in [0.05, 0.1) is 23.3 Å². The molecule has 3 aromatic carbocycles. The molecule has 1 amide bonds. The first-order valence-electron chi connectivity index (χ1n) is 9.24. The Bertz CT molecular complexity index is 1080. The molecule has 3 rings (SSSR count). The van der Waals surface area contributed by atoms with Gasteiger partial charge in [0.2, 0.25) is 0 Å². The number of aryl methyl sites for hydroxylation is 3. The maximum Gasteiger partial charge on any atom is 0.258 e. The fraction of sp³-hybridized carbons (Fsp3) is 0.174. The van der Waals surface area contributed by atoms with Crippen LogP contribution >= 0.6 is 11.9 Å². The van der Waals surface area contributed by atoms with Gasteiger partial charge in [-0.25, -0.2) is 8.78 Å². The van der Waals surface area contributed by atoms with E-state index < -0.39 is 17.5 Å². The molecule has 0 radical (unpaired) electrons. The van der Waals surface area contributed by atoms with Gasteiger partial charge < -0.3 is 14.8 Å². The average Bonchev–Trinajstić information content (AvgIpc) is 2.70. The van der Waals surface area contributed by atoms with Gasteiger partial charge in [0, 0.05) is 5.69 Å². The van der Waals surface area contributed by atoms with Crippen molar-refractivity contribution in [2.75, 3.05) is 17.1 Å². The van der Waals surface area contributed by atoms with Crippen LogP contribution in [0.5, 0.6) is 5.75 Å². The molecule has 156 valence electrons. The second-order valence-corrected chi connectivity index (χ2v) is 7.75. The first kappa shape index (κ1) is 21.6. The zero-order valence-electron chi connectivity index (χ0n) is 17.1. The summed E-state index contributed by atoms with van der Waals surface area (Å²) in [5.74, 6) is -2.33. The Morgan fingerprint density at radius 1 is 1.00 bits per heavy atom. The minimum Gasteiger partial charge on any atom is -0.496 e. The normalized spacial score (nSPS) is 10.6. The van der Waals surface area contributed by atoms with Crippen molar-refractivity contribution in [3.05, 3.63) is 82.4 Å². The molecule has 0 saturated heterocycles. The number of carbonyl (C=O) groups is 1. The summed E-state index contributed by atoms with van der Waals surface area (Å²) in [5.41, 5.74) is 3.75. The van der Waals surface area contributed by atoms with Crippen LogP contribution in [-0.4, -0.2) is 13.0 Å². The molecule has 0 spiro atoms. The lowest BCUT2D eigenvalue weighted by Crippen LogP contribution is -2.15. The third kappa shape index (κ3) is 4.74. The van der Waals surface area contributed by atoms with Gasteiger partial charge in [-0.2, -0.15) is 0 Å². The van der Waals surface area contributed by atoms with Gasteiger partial charge in [-0.15, -0.1) is 0 Å². The summed E-state index contributed by atoms with van der Waals surface area (Å²) in [4.78, 5) is 13.2. The van der Waals surface area contributed by atoms with Gasteiger partial charge >= 0.3 is 0 Å². The molecule has 4 nitrogen and oxygen atoms in total. The Labute approximate surface area is 178 Å². The van der Waals surface area contributed by atoms with Crippen molar-refractivity contribution in [2.45, 2.75) is 25.7 Å². The van der Waals surface area contributed by atoms with Crippen LogP contribution < -0.4 is 14.8 Å². The van der Waals surface area contributed by atoms with Crippen molar-refractivity contribution in [1.82, 2.24) is 0 Å². The predicted molar refractivity (Wildman–Crippen MR) is 117 cm³/mol. The SMILES string of the molecule is COc1ccc(NC(=O)c2cc(C)cc(F)c2F)cc1SNc1c(C)cccc1C. The summed E-state index contributed by atoms with van der Waals surface area (Å²) in [6, 6.07) is 13.4. The number of halogens is 2. The number of methoxy groups -OCH3 is 1. The molecular formula is C23H22F2N2O2S. The summed E-state index contributed by atoms with van der Waals surface area (Å²) in [7, 11) is 1.56. The molecular weight excluding hydrogens is 406 g/mol. The second-order valence-electron chi connectivity index (χ2n) is 6.90. The van der Waals surface area contributed by atoms with E-state index in [1.54, 1.807) is 32.2 Å². The van der Waals surface area contributed by atoms with Gasteiger partial charge in [-0.3, -0.25) is 4.79 Å². The minimum absolute atomic E-state index is 0.341. The number of carbonyl (C=O) groups excluding carboxylic acids is 1. The lowest BCUT2D eigenvalue weighted by atomic mass is 10.1. The highest BCUT2D eigenvalue weighted by Gasteiger charge is 2.17. The van der Waals surface area contributed by atoms with Gasteiger partial charge in [-0.1, -0.05) is 18.2 Å². The number of anilines is 2. The van der Waals surface area contributed by atoms with E-state index in [9.17, 15) is 13.6 Å². The van der Waals surface area contributed by atoms with Gasteiger partial charge in [0.1, 0.15) is 5.75 Å². The van der Waals surface area contributed by atoms with Crippen LogP contribution in [-0.2, 0) is 0 Å². The van der Waals surface area contributed by atoms with Gasteiger partial charge in [0.25, 0.3) is 5.91 Å². The van der Waals surface area contributed by atoms with Crippen LogP contribution in [0.1, 0.15) is 27.0 Å². The van der Waals surface area contributed by atoms with Crippen LogP contribution in [0.25, 0.3) is 0 Å². The van der Waals surface area contributed by atoms with Crippen molar-refractivity contribution in [2.24, 2.45) is 0 Å². The minimum atomic E-state index is -1.17. The summed E-state index contributed by atoms with van der Waals surface area (Å²) in [6.45, 7) is 5.62. The highest BCUT2D eigenvalue weighted by Crippen LogP contribution is 2.34. The fourth-order valence-electron chi connectivity index (χ4n) is 3.00. The zero-order chi connectivity index (χ0) is 21.8. The predicted octanol–water partition coefficient (Wildman–Crippen LogP) is 6.27. The van der Waals surface area contributed by atoms with Crippen LogP contribution in [0.15, 0.2) is 53.4 Å². The van der Waals surface area contributed by atoms with Crippen molar-refractivity contribution in [1.29, 1.82) is 0 Å². The molecule has 2 N–H and O–H groups in total. The van der Waals surface area contributed by atoms with Gasteiger partial charge in [-0.05, 0) is 79.7 Å². The quantitative estimate of drug-likeness (QED) is 0.454. The third-order valence-corrected chi connectivity index (χ3v) is 5.43. The number of hydrogen-bond acceptors (Lipinski definition) is 4. The average molecular weight is 429 g/mol. The highest BCUT2D eigenvalue weighted by molar-refractivity contribution is 8.00. The molecule has 0 fully saturated rings. The molecule has 0 unspecified atom stereocenters. The van der Waals surface area contributed by atoms with E-state index in [-0.39, 0.29) is 5.56 Å². The topological polar surface area (TPSA) is 50.4 Å². The van der Waals surface area contributed by atoms with Crippen molar-refractivity contribution in [3.8, 4) is 5.75 Å². The van der Waals surface area contributed by atoms with Crippen molar-refractivity contribution < 1.29 is 18.3 Å². The van der Waals surface area contributed by atoms with E-state index in [4.69, 9.17) is 4.74 Å². The molecule has 0 aliphatic heterocycles. The monoisotopic (exact) mass is 428 g/mol. The largest absolute Gasteiger partial charge is 0.496 e. The second kappa shape index (κ2) is 9.17. The zero-order valence-corrected chi connectivity index (χ0v) is 17.9. The van der Waals surface area contributed by atoms with Gasteiger partial charge in [0.15, 0.2) is 11.6 Å². The number of nitrogens with one attached hydrogen (secondary N) is 2. The van der Waals surface area contributed by atoms with E-state index in [0.717, 1.165) is 27.8 Å². The third-order valence-electron chi connectivity index (χ3n) is 4.58. The Hall–Kier alpha value is -3.06. The van der Waals surface area contributed by atoms with E-state index in [0.29, 0.717) is 17.0 Å². The molecule has 30 heavy (non-hydrogen) atoms. The number of benzene rings is 3. The first-order chi connectivity index (χ1) is 14.3. The molecule has 0 aliphatic carbocycles. The summed E-state index contributed by atoms with van der Waals surface area (Å²) in [5, 5.41) is 2.62. The lowest BCUT2D eigenvalue weighted by molar-refractivity contribution is 0.102. The maximum atomic E-state index is 14.0. The first-order valence-corrected chi connectivity index (χ1v) is 10.1. The number of rotatable bonds is 6. The molecule has 0 heterocycles. The van der Waals surface area contributed by atoms with Crippen LogP contribution in [0, 0.1) is 32.4 Å². The molecule has 0 bridgehead atoms. The Morgan fingerprint density at radius 3 is 2.37 bits per heavy atom. The number of hydrogen-bond donors (Lipinski definition) is 2.